The summed E-state index contributed by atoms with van der Waals surface area (Å²) in [5.74, 6) is -0.280. The lowest BCUT2D eigenvalue weighted by Gasteiger charge is -2.18. The van der Waals surface area contributed by atoms with Gasteiger partial charge in [0.15, 0.2) is 0 Å². The molecular formula is C21H21FN2O. The third-order valence-electron chi connectivity index (χ3n) is 4.42. The molecule has 1 N–H and O–H groups in total. The number of anilines is 2. The summed E-state index contributed by atoms with van der Waals surface area (Å²) in [5.41, 5.74) is 3.83. The van der Waals surface area contributed by atoms with Gasteiger partial charge in [0.25, 0.3) is 5.91 Å². The van der Waals surface area contributed by atoms with E-state index < -0.39 is 0 Å². The molecule has 0 saturated heterocycles. The predicted octanol–water partition coefficient (Wildman–Crippen LogP) is 5.04. The number of nitrogens with one attached hydrogen (secondary N) is 1. The number of fused-ring (bicyclic) bond motifs is 1. The van der Waals surface area contributed by atoms with E-state index in [2.05, 4.69) is 5.32 Å². The van der Waals surface area contributed by atoms with E-state index in [4.69, 9.17) is 0 Å². The topological polar surface area (TPSA) is 32.3 Å². The second-order valence-corrected chi connectivity index (χ2v) is 6.40. The van der Waals surface area contributed by atoms with Gasteiger partial charge in [-0.15, -0.1) is 0 Å². The molecule has 25 heavy (non-hydrogen) atoms. The molecule has 0 radical (unpaired) electrons. The van der Waals surface area contributed by atoms with Crippen molar-refractivity contribution in [3.05, 3.63) is 71.0 Å². The molecule has 0 heterocycles. The average molecular weight is 336 g/mol. The first kappa shape index (κ1) is 17.0. The summed E-state index contributed by atoms with van der Waals surface area (Å²) in [6, 6.07) is 14.6. The van der Waals surface area contributed by atoms with Gasteiger partial charge in [-0.1, -0.05) is 24.3 Å². The second-order valence-electron chi connectivity index (χ2n) is 6.40. The molecular weight excluding hydrogens is 315 g/mol. The molecule has 0 unspecified atom stereocenters. The van der Waals surface area contributed by atoms with Gasteiger partial charge in [0, 0.05) is 42.0 Å². The summed E-state index contributed by atoms with van der Waals surface area (Å²) in [6.45, 7) is 3.74. The van der Waals surface area contributed by atoms with Crippen molar-refractivity contribution in [3.8, 4) is 0 Å². The Bertz CT molecular complexity index is 964. The molecule has 0 fully saturated rings. The number of carbonyl (C=O) groups excluding carboxylic acids is 1. The van der Waals surface area contributed by atoms with E-state index in [9.17, 15) is 9.18 Å². The van der Waals surface area contributed by atoms with Crippen LogP contribution in [0.25, 0.3) is 10.8 Å². The molecule has 0 spiro atoms. The third kappa shape index (κ3) is 3.07. The summed E-state index contributed by atoms with van der Waals surface area (Å²) < 4.78 is 13.8. The fourth-order valence-corrected chi connectivity index (χ4v) is 3.01. The van der Waals surface area contributed by atoms with Crippen molar-refractivity contribution in [3.63, 3.8) is 0 Å². The maximum absolute atomic E-state index is 13.8. The van der Waals surface area contributed by atoms with E-state index in [1.807, 2.05) is 43.3 Å². The second kappa shape index (κ2) is 6.55. The van der Waals surface area contributed by atoms with E-state index in [1.54, 1.807) is 32.0 Å². The van der Waals surface area contributed by atoms with E-state index in [0.29, 0.717) is 11.1 Å². The average Bonchev–Trinajstić information content (AvgIpc) is 2.59. The number of amides is 1. The number of hydrogen-bond donors (Lipinski definition) is 1. The maximum atomic E-state index is 13.8. The third-order valence-corrected chi connectivity index (χ3v) is 4.42. The number of nitrogens with zero attached hydrogens (tertiary/aromatic N) is 1. The van der Waals surface area contributed by atoms with Gasteiger partial charge in [-0.3, -0.25) is 4.79 Å². The van der Waals surface area contributed by atoms with Crippen molar-refractivity contribution < 1.29 is 9.18 Å². The first-order valence-corrected chi connectivity index (χ1v) is 8.16. The van der Waals surface area contributed by atoms with Gasteiger partial charge in [-0.25, -0.2) is 4.39 Å². The van der Waals surface area contributed by atoms with Gasteiger partial charge in [0.2, 0.25) is 0 Å². The minimum Gasteiger partial charge on any atom is -0.355 e. The van der Waals surface area contributed by atoms with E-state index in [-0.39, 0.29) is 11.7 Å². The maximum Gasteiger partial charge on any atom is 0.253 e. The smallest absolute Gasteiger partial charge is 0.253 e. The molecule has 3 aromatic carbocycles. The highest BCUT2D eigenvalue weighted by Crippen LogP contribution is 2.33. The van der Waals surface area contributed by atoms with Gasteiger partial charge in [-0.05, 0) is 49.1 Å². The van der Waals surface area contributed by atoms with Crippen LogP contribution in [0.5, 0.6) is 0 Å². The molecule has 3 aromatic rings. The van der Waals surface area contributed by atoms with E-state index >= 15 is 0 Å². The number of halogens is 1. The number of carbonyl (C=O) groups is 1. The molecule has 0 aliphatic heterocycles. The Morgan fingerprint density at radius 2 is 1.68 bits per heavy atom. The Morgan fingerprint density at radius 3 is 2.40 bits per heavy atom. The minimum absolute atomic E-state index is 0.0345. The van der Waals surface area contributed by atoms with Crippen LogP contribution >= 0.6 is 0 Å². The predicted molar refractivity (Wildman–Crippen MR) is 101 cm³/mol. The Kier molecular flexibility index (Phi) is 4.45. The quantitative estimate of drug-likeness (QED) is 0.726. The molecule has 1 amide bonds. The van der Waals surface area contributed by atoms with Gasteiger partial charge in [0.05, 0.1) is 0 Å². The van der Waals surface area contributed by atoms with Gasteiger partial charge >= 0.3 is 0 Å². The van der Waals surface area contributed by atoms with Crippen molar-refractivity contribution in [2.75, 3.05) is 19.4 Å². The Labute approximate surface area is 147 Å². The molecule has 0 aliphatic carbocycles. The molecule has 3 nitrogen and oxygen atoms in total. The highest BCUT2D eigenvalue weighted by Gasteiger charge is 2.16. The highest BCUT2D eigenvalue weighted by molar-refractivity contribution is 6.11. The van der Waals surface area contributed by atoms with Crippen molar-refractivity contribution in [1.82, 2.24) is 4.90 Å². The fraction of sp³-hybridized carbons (Fsp3) is 0.190. The van der Waals surface area contributed by atoms with Crippen LogP contribution < -0.4 is 5.32 Å². The van der Waals surface area contributed by atoms with E-state index in [0.717, 1.165) is 27.7 Å². The largest absolute Gasteiger partial charge is 0.355 e. The molecule has 128 valence electrons. The first-order chi connectivity index (χ1) is 11.9. The zero-order chi connectivity index (χ0) is 18.1. The summed E-state index contributed by atoms with van der Waals surface area (Å²) in [7, 11) is 3.49. The summed E-state index contributed by atoms with van der Waals surface area (Å²) in [5, 5.41) is 5.17. The standard InChI is InChI=1S/C21H21FN2O/c1-13-7-5-8-15-19(23-18-10-6-9-17(22)14(18)2)12-11-16(20(13)15)21(25)24(3)4/h5-12,23H,1-4H3. The SMILES string of the molecule is Cc1c(F)cccc1Nc1ccc(C(=O)N(C)C)c2c(C)cccc12. The molecule has 4 heteroatoms. The number of hydrogen-bond acceptors (Lipinski definition) is 2. The van der Waals surface area contributed by atoms with Crippen molar-refractivity contribution in [1.29, 1.82) is 0 Å². The van der Waals surface area contributed by atoms with Crippen LogP contribution in [-0.2, 0) is 0 Å². The number of aryl methyl sites for hydroxylation is 1. The van der Waals surface area contributed by atoms with Gasteiger partial charge < -0.3 is 10.2 Å². The monoisotopic (exact) mass is 336 g/mol. The molecule has 3 rings (SSSR count). The Hall–Kier alpha value is -2.88. The fourth-order valence-electron chi connectivity index (χ4n) is 3.01. The van der Waals surface area contributed by atoms with Crippen LogP contribution in [0.3, 0.4) is 0 Å². The zero-order valence-electron chi connectivity index (χ0n) is 14.9. The Morgan fingerprint density at radius 1 is 0.960 bits per heavy atom. The van der Waals surface area contributed by atoms with Crippen molar-refractivity contribution >= 4 is 28.1 Å². The summed E-state index contributed by atoms with van der Waals surface area (Å²) >= 11 is 0. The molecule has 0 bridgehead atoms. The normalized spacial score (nSPS) is 10.8. The van der Waals surface area contributed by atoms with Crippen LogP contribution in [0.1, 0.15) is 21.5 Å². The van der Waals surface area contributed by atoms with Gasteiger partial charge in [0.1, 0.15) is 5.82 Å². The molecule has 0 aliphatic rings. The van der Waals surface area contributed by atoms with Crippen molar-refractivity contribution in [2.45, 2.75) is 13.8 Å². The van der Waals surface area contributed by atoms with E-state index in [1.165, 1.54) is 6.07 Å². The molecule has 0 aromatic heterocycles. The molecule has 0 saturated carbocycles. The Balaban J connectivity index is 2.18. The van der Waals surface area contributed by atoms with Crippen LogP contribution in [-0.4, -0.2) is 24.9 Å². The number of benzene rings is 3. The lowest BCUT2D eigenvalue weighted by atomic mass is 9.97. The lowest BCUT2D eigenvalue weighted by molar-refractivity contribution is 0.0829. The number of rotatable bonds is 3. The van der Waals surface area contributed by atoms with Crippen LogP contribution in [0.4, 0.5) is 15.8 Å². The first-order valence-electron chi connectivity index (χ1n) is 8.16. The summed E-state index contributed by atoms with van der Waals surface area (Å²) in [4.78, 5) is 14.1. The van der Waals surface area contributed by atoms with Crippen LogP contribution in [0.2, 0.25) is 0 Å². The minimum atomic E-state index is -0.245. The highest BCUT2D eigenvalue weighted by atomic mass is 19.1. The van der Waals surface area contributed by atoms with Gasteiger partial charge in [-0.2, -0.15) is 0 Å². The summed E-state index contributed by atoms with van der Waals surface area (Å²) in [6.07, 6.45) is 0. The van der Waals surface area contributed by atoms with Crippen LogP contribution in [0, 0.1) is 19.7 Å². The lowest BCUT2D eigenvalue weighted by Crippen LogP contribution is -2.22. The van der Waals surface area contributed by atoms with Crippen LogP contribution in [0.15, 0.2) is 48.5 Å². The zero-order valence-corrected chi connectivity index (χ0v) is 14.9. The van der Waals surface area contributed by atoms with Crippen molar-refractivity contribution in [2.24, 2.45) is 0 Å². The molecule has 0 atom stereocenters.